The molecule has 17 heavy (non-hydrogen) atoms. The molecule has 0 aliphatic heterocycles. The molecule has 4 nitrogen and oxygen atoms in total. The zero-order valence-electron chi connectivity index (χ0n) is 10.4. The van der Waals surface area contributed by atoms with Gasteiger partial charge in [-0.3, -0.25) is 0 Å². The molecule has 0 aromatic heterocycles. The number of hydrogen-bond acceptors (Lipinski definition) is 4. The number of hydrogen-bond donors (Lipinski definition) is 1. The van der Waals surface area contributed by atoms with Crippen molar-refractivity contribution in [1.29, 1.82) is 0 Å². The summed E-state index contributed by atoms with van der Waals surface area (Å²) in [5.41, 5.74) is 6.16. The Hall–Kier alpha value is -1.07. The minimum atomic E-state index is -3.26. The highest BCUT2D eigenvalue weighted by Gasteiger charge is 2.20. The first-order valence-corrected chi connectivity index (χ1v) is 7.13. The van der Waals surface area contributed by atoms with E-state index in [9.17, 15) is 8.42 Å². The number of ether oxygens (including phenoxy) is 1. The molecule has 1 atom stereocenters. The molecule has 5 heteroatoms. The van der Waals surface area contributed by atoms with Gasteiger partial charge in [-0.2, -0.15) is 0 Å². The van der Waals surface area contributed by atoms with Gasteiger partial charge in [0.25, 0.3) is 0 Å². The number of nitrogens with two attached hydrogens (primary N) is 1. The van der Waals surface area contributed by atoms with Crippen LogP contribution in [-0.4, -0.2) is 27.8 Å². The highest BCUT2D eigenvalue weighted by atomic mass is 32.2. The van der Waals surface area contributed by atoms with Gasteiger partial charge in [0.05, 0.1) is 17.8 Å². The van der Waals surface area contributed by atoms with Crippen molar-refractivity contribution in [3.63, 3.8) is 0 Å². The van der Waals surface area contributed by atoms with Gasteiger partial charge in [0, 0.05) is 0 Å². The average Bonchev–Trinajstić information content (AvgIpc) is 2.27. The molecular formula is C12H19NO3S. The first-order chi connectivity index (χ1) is 7.90. The molecule has 0 spiro atoms. The molecule has 0 amide bonds. The molecule has 1 unspecified atom stereocenters. The number of benzene rings is 1. The third kappa shape index (κ3) is 3.44. The van der Waals surface area contributed by atoms with E-state index in [2.05, 4.69) is 0 Å². The minimum absolute atomic E-state index is 0.0403. The topological polar surface area (TPSA) is 69.4 Å². The molecule has 2 N–H and O–H groups in total. The maximum Gasteiger partial charge on any atom is 0.178 e. The molecule has 0 radical (unpaired) electrons. The fourth-order valence-corrected chi connectivity index (χ4v) is 3.52. The lowest BCUT2D eigenvalue weighted by Gasteiger charge is -2.12. The maximum atomic E-state index is 12.1. The minimum Gasteiger partial charge on any atom is -0.497 e. The summed E-state index contributed by atoms with van der Waals surface area (Å²) in [5.74, 6) is 0.700. The van der Waals surface area contributed by atoms with E-state index in [-0.39, 0.29) is 11.7 Å². The van der Waals surface area contributed by atoms with Crippen molar-refractivity contribution in [2.75, 3.05) is 19.4 Å². The van der Waals surface area contributed by atoms with Crippen LogP contribution in [0.1, 0.15) is 12.5 Å². The lowest BCUT2D eigenvalue weighted by Crippen LogP contribution is -2.21. The lowest BCUT2D eigenvalue weighted by atomic mass is 10.2. The zero-order valence-corrected chi connectivity index (χ0v) is 11.3. The second kappa shape index (κ2) is 5.51. The van der Waals surface area contributed by atoms with Gasteiger partial charge in [0.1, 0.15) is 5.75 Å². The Labute approximate surface area is 103 Å². The van der Waals surface area contributed by atoms with E-state index >= 15 is 0 Å². The van der Waals surface area contributed by atoms with Crippen molar-refractivity contribution >= 4 is 9.84 Å². The van der Waals surface area contributed by atoms with Crippen LogP contribution in [0, 0.1) is 12.8 Å². The third-order valence-electron chi connectivity index (χ3n) is 2.62. The summed E-state index contributed by atoms with van der Waals surface area (Å²) in [4.78, 5) is 0.360. The van der Waals surface area contributed by atoms with E-state index in [1.54, 1.807) is 32.2 Å². The molecule has 96 valence electrons. The molecule has 0 aliphatic carbocycles. The SMILES string of the molecule is COc1ccc(S(=O)(=O)CC(C)CN)c(C)c1. The maximum absolute atomic E-state index is 12.1. The van der Waals surface area contributed by atoms with E-state index < -0.39 is 9.84 Å². The van der Waals surface area contributed by atoms with Crippen molar-refractivity contribution in [3.05, 3.63) is 23.8 Å². The number of sulfone groups is 1. The Morgan fingerprint density at radius 3 is 2.53 bits per heavy atom. The highest BCUT2D eigenvalue weighted by molar-refractivity contribution is 7.91. The predicted molar refractivity (Wildman–Crippen MR) is 68.0 cm³/mol. The normalized spacial score (nSPS) is 13.4. The Morgan fingerprint density at radius 2 is 2.06 bits per heavy atom. The standard InChI is InChI=1S/C12H19NO3S/c1-9(7-13)8-17(14,15)12-5-4-11(16-3)6-10(12)2/h4-6,9H,7-8,13H2,1-3H3. The molecule has 0 heterocycles. The summed E-state index contributed by atoms with van der Waals surface area (Å²) >= 11 is 0. The van der Waals surface area contributed by atoms with Gasteiger partial charge in [0.2, 0.25) is 0 Å². The fourth-order valence-electron chi connectivity index (χ4n) is 1.63. The lowest BCUT2D eigenvalue weighted by molar-refractivity contribution is 0.414. The number of rotatable bonds is 5. The van der Waals surface area contributed by atoms with E-state index in [4.69, 9.17) is 10.5 Å². The molecule has 1 aromatic rings. The van der Waals surface area contributed by atoms with E-state index in [1.807, 2.05) is 6.92 Å². The van der Waals surface area contributed by atoms with Crippen LogP contribution in [0.25, 0.3) is 0 Å². The van der Waals surface area contributed by atoms with Gasteiger partial charge in [-0.15, -0.1) is 0 Å². The summed E-state index contributed by atoms with van der Waals surface area (Å²) in [6, 6.07) is 4.97. The van der Waals surface area contributed by atoms with Gasteiger partial charge in [-0.25, -0.2) is 8.42 Å². The largest absolute Gasteiger partial charge is 0.497 e. The van der Waals surface area contributed by atoms with E-state index in [0.29, 0.717) is 22.8 Å². The molecule has 1 aromatic carbocycles. The van der Waals surface area contributed by atoms with Crippen LogP contribution in [0.15, 0.2) is 23.1 Å². The van der Waals surface area contributed by atoms with Crippen molar-refractivity contribution in [3.8, 4) is 5.75 Å². The second-order valence-corrected chi connectivity index (χ2v) is 6.26. The third-order valence-corrected chi connectivity index (χ3v) is 4.76. The van der Waals surface area contributed by atoms with E-state index in [1.165, 1.54) is 0 Å². The van der Waals surface area contributed by atoms with Crippen molar-refractivity contribution in [2.24, 2.45) is 11.7 Å². The van der Waals surface area contributed by atoms with Crippen molar-refractivity contribution in [2.45, 2.75) is 18.7 Å². The van der Waals surface area contributed by atoms with Crippen molar-refractivity contribution in [1.82, 2.24) is 0 Å². The summed E-state index contributed by atoms with van der Waals surface area (Å²) in [6.07, 6.45) is 0. The number of methoxy groups -OCH3 is 1. The van der Waals surface area contributed by atoms with Gasteiger partial charge in [-0.05, 0) is 43.1 Å². The molecule has 0 saturated heterocycles. The summed E-state index contributed by atoms with van der Waals surface area (Å²) in [6.45, 7) is 3.97. The predicted octanol–water partition coefficient (Wildman–Crippen LogP) is 1.37. The van der Waals surface area contributed by atoms with Crippen LogP contribution in [0.4, 0.5) is 0 Å². The molecule has 0 aliphatic rings. The quantitative estimate of drug-likeness (QED) is 0.865. The summed E-state index contributed by atoms with van der Waals surface area (Å²) in [7, 11) is -1.71. The van der Waals surface area contributed by atoms with Gasteiger partial charge in [0.15, 0.2) is 9.84 Å². The van der Waals surface area contributed by atoms with Gasteiger partial charge >= 0.3 is 0 Å². The Bertz CT molecular complexity index is 483. The molecular weight excluding hydrogens is 238 g/mol. The van der Waals surface area contributed by atoms with Crippen LogP contribution in [0.3, 0.4) is 0 Å². The van der Waals surface area contributed by atoms with E-state index in [0.717, 1.165) is 0 Å². The van der Waals surface area contributed by atoms with Crippen LogP contribution in [-0.2, 0) is 9.84 Å². The summed E-state index contributed by atoms with van der Waals surface area (Å²) in [5, 5.41) is 0. The molecule has 0 bridgehead atoms. The van der Waals surface area contributed by atoms with Crippen LogP contribution in [0.5, 0.6) is 5.75 Å². The second-order valence-electron chi connectivity index (χ2n) is 4.25. The zero-order chi connectivity index (χ0) is 13.1. The molecule has 1 rings (SSSR count). The molecule has 0 fully saturated rings. The average molecular weight is 257 g/mol. The fraction of sp³-hybridized carbons (Fsp3) is 0.500. The Balaban J connectivity index is 3.07. The Kier molecular flexibility index (Phi) is 4.54. The highest BCUT2D eigenvalue weighted by Crippen LogP contribution is 2.23. The first-order valence-electron chi connectivity index (χ1n) is 5.48. The first kappa shape index (κ1) is 14.0. The van der Waals surface area contributed by atoms with Crippen LogP contribution >= 0.6 is 0 Å². The van der Waals surface area contributed by atoms with Crippen LogP contribution < -0.4 is 10.5 Å². The van der Waals surface area contributed by atoms with Crippen molar-refractivity contribution < 1.29 is 13.2 Å². The van der Waals surface area contributed by atoms with Gasteiger partial charge in [-0.1, -0.05) is 6.92 Å². The Morgan fingerprint density at radius 1 is 1.41 bits per heavy atom. The number of aryl methyl sites for hydroxylation is 1. The van der Waals surface area contributed by atoms with Gasteiger partial charge < -0.3 is 10.5 Å². The molecule has 0 saturated carbocycles. The van der Waals surface area contributed by atoms with Crippen LogP contribution in [0.2, 0.25) is 0 Å². The smallest absolute Gasteiger partial charge is 0.178 e. The monoisotopic (exact) mass is 257 g/mol. The summed E-state index contributed by atoms with van der Waals surface area (Å²) < 4.78 is 29.3.